The zero-order valence-electron chi connectivity index (χ0n) is 9.66. The highest BCUT2D eigenvalue weighted by Crippen LogP contribution is 2.12. The molecule has 0 aliphatic carbocycles. The number of nitrogens with one attached hydrogen (secondary N) is 1. The smallest absolute Gasteiger partial charge is 0.233 e. The molecule has 0 saturated carbocycles. The zero-order valence-corrected chi connectivity index (χ0v) is 11.3. The van der Waals surface area contributed by atoms with Crippen LogP contribution in [0.3, 0.4) is 0 Å². The molecule has 0 aliphatic rings. The van der Waals surface area contributed by atoms with Gasteiger partial charge in [0.25, 0.3) is 0 Å². The number of benzene rings is 1. The standard InChI is InChI=1S/C12H17BrN2O/c1-3-15(9-12(16)14-2)8-10-4-6-11(13)7-5-10/h4-7H,3,8-9H2,1-2H3,(H,14,16). The molecule has 1 N–H and O–H groups in total. The van der Waals surface area contributed by atoms with E-state index in [9.17, 15) is 4.79 Å². The first-order valence-electron chi connectivity index (χ1n) is 5.33. The molecule has 0 spiro atoms. The maximum absolute atomic E-state index is 11.3. The van der Waals surface area contributed by atoms with Gasteiger partial charge in [-0.1, -0.05) is 35.0 Å². The summed E-state index contributed by atoms with van der Waals surface area (Å²) in [6, 6.07) is 8.17. The van der Waals surface area contributed by atoms with Crippen molar-refractivity contribution in [2.24, 2.45) is 0 Å². The Balaban J connectivity index is 2.56. The molecule has 0 aromatic heterocycles. The molecule has 0 radical (unpaired) electrons. The van der Waals surface area contributed by atoms with Crippen molar-refractivity contribution in [3.05, 3.63) is 34.3 Å². The zero-order chi connectivity index (χ0) is 12.0. The number of hydrogen-bond acceptors (Lipinski definition) is 2. The molecule has 1 amide bonds. The van der Waals surface area contributed by atoms with E-state index in [1.54, 1.807) is 7.05 Å². The van der Waals surface area contributed by atoms with Crippen molar-refractivity contribution in [3.63, 3.8) is 0 Å². The van der Waals surface area contributed by atoms with Gasteiger partial charge in [0.15, 0.2) is 0 Å². The first kappa shape index (κ1) is 13.2. The van der Waals surface area contributed by atoms with Crippen LogP contribution in [-0.2, 0) is 11.3 Å². The Morgan fingerprint density at radius 1 is 1.38 bits per heavy atom. The molecule has 0 fully saturated rings. The highest BCUT2D eigenvalue weighted by molar-refractivity contribution is 9.10. The number of nitrogens with zero attached hydrogens (tertiary/aromatic N) is 1. The van der Waals surface area contributed by atoms with Crippen molar-refractivity contribution < 1.29 is 4.79 Å². The van der Waals surface area contributed by atoms with E-state index >= 15 is 0 Å². The van der Waals surface area contributed by atoms with E-state index in [0.29, 0.717) is 6.54 Å². The van der Waals surface area contributed by atoms with Crippen LogP contribution in [0.1, 0.15) is 12.5 Å². The Hall–Kier alpha value is -0.870. The van der Waals surface area contributed by atoms with Gasteiger partial charge in [0, 0.05) is 18.1 Å². The van der Waals surface area contributed by atoms with E-state index in [2.05, 4.69) is 45.2 Å². The predicted octanol–water partition coefficient (Wildman–Crippen LogP) is 2.02. The number of rotatable bonds is 5. The lowest BCUT2D eigenvalue weighted by Crippen LogP contribution is -2.35. The monoisotopic (exact) mass is 284 g/mol. The molecule has 0 unspecified atom stereocenters. The van der Waals surface area contributed by atoms with Crippen LogP contribution in [0.5, 0.6) is 0 Å². The van der Waals surface area contributed by atoms with Gasteiger partial charge in [0.2, 0.25) is 5.91 Å². The number of carbonyl (C=O) groups excluding carboxylic acids is 1. The Morgan fingerprint density at radius 2 is 2.00 bits per heavy atom. The fourth-order valence-corrected chi connectivity index (χ4v) is 1.67. The van der Waals surface area contributed by atoms with E-state index < -0.39 is 0 Å². The van der Waals surface area contributed by atoms with Crippen molar-refractivity contribution in [1.82, 2.24) is 10.2 Å². The molecule has 1 aromatic carbocycles. The fourth-order valence-electron chi connectivity index (χ4n) is 1.41. The predicted molar refractivity (Wildman–Crippen MR) is 69.2 cm³/mol. The van der Waals surface area contributed by atoms with Gasteiger partial charge in [0.1, 0.15) is 0 Å². The van der Waals surface area contributed by atoms with Crippen molar-refractivity contribution in [1.29, 1.82) is 0 Å². The summed E-state index contributed by atoms with van der Waals surface area (Å²) in [5.41, 5.74) is 1.22. The topological polar surface area (TPSA) is 32.3 Å². The average Bonchev–Trinajstić information content (AvgIpc) is 2.30. The van der Waals surface area contributed by atoms with Crippen molar-refractivity contribution >= 4 is 21.8 Å². The Labute approximate surface area is 105 Å². The third kappa shape index (κ3) is 4.33. The molecule has 0 saturated heterocycles. The van der Waals surface area contributed by atoms with Crippen LogP contribution >= 0.6 is 15.9 Å². The maximum atomic E-state index is 11.3. The van der Waals surface area contributed by atoms with E-state index in [1.165, 1.54) is 5.56 Å². The first-order valence-corrected chi connectivity index (χ1v) is 6.12. The Morgan fingerprint density at radius 3 is 2.50 bits per heavy atom. The van der Waals surface area contributed by atoms with Crippen molar-refractivity contribution in [3.8, 4) is 0 Å². The molecule has 16 heavy (non-hydrogen) atoms. The van der Waals surface area contributed by atoms with E-state index in [1.807, 2.05) is 12.1 Å². The van der Waals surface area contributed by atoms with Gasteiger partial charge in [-0.2, -0.15) is 0 Å². The van der Waals surface area contributed by atoms with E-state index in [4.69, 9.17) is 0 Å². The second kappa shape index (κ2) is 6.66. The van der Waals surface area contributed by atoms with Gasteiger partial charge in [-0.3, -0.25) is 9.69 Å². The van der Waals surface area contributed by atoms with Gasteiger partial charge < -0.3 is 5.32 Å². The van der Waals surface area contributed by atoms with E-state index in [0.717, 1.165) is 17.6 Å². The summed E-state index contributed by atoms with van der Waals surface area (Å²) >= 11 is 3.40. The summed E-state index contributed by atoms with van der Waals surface area (Å²) in [5.74, 6) is 0.0546. The molecule has 4 heteroatoms. The molecule has 88 valence electrons. The molecular weight excluding hydrogens is 268 g/mol. The number of likely N-dealkylation sites (N-methyl/N-ethyl adjacent to an activating group) is 2. The van der Waals surface area contributed by atoms with Crippen LogP contribution < -0.4 is 5.32 Å². The molecule has 1 aromatic rings. The second-order valence-electron chi connectivity index (χ2n) is 3.60. The minimum atomic E-state index is 0.0546. The lowest BCUT2D eigenvalue weighted by molar-refractivity contribution is -0.121. The third-order valence-corrected chi connectivity index (χ3v) is 2.94. The van der Waals surface area contributed by atoms with E-state index in [-0.39, 0.29) is 5.91 Å². The fraction of sp³-hybridized carbons (Fsp3) is 0.417. The summed E-state index contributed by atoms with van der Waals surface area (Å²) < 4.78 is 1.07. The molecule has 0 heterocycles. The molecule has 1 rings (SSSR count). The number of halogens is 1. The Bertz CT molecular complexity index is 337. The van der Waals surface area contributed by atoms with Gasteiger partial charge in [-0.15, -0.1) is 0 Å². The van der Waals surface area contributed by atoms with Crippen LogP contribution in [-0.4, -0.2) is 30.9 Å². The van der Waals surface area contributed by atoms with Crippen LogP contribution in [0, 0.1) is 0 Å². The second-order valence-corrected chi connectivity index (χ2v) is 4.52. The maximum Gasteiger partial charge on any atom is 0.233 e. The average molecular weight is 285 g/mol. The SMILES string of the molecule is CCN(CC(=O)NC)Cc1ccc(Br)cc1. The lowest BCUT2D eigenvalue weighted by atomic mass is 10.2. The van der Waals surface area contributed by atoms with Gasteiger partial charge in [-0.25, -0.2) is 0 Å². The summed E-state index contributed by atoms with van der Waals surface area (Å²) in [6.45, 7) is 4.17. The summed E-state index contributed by atoms with van der Waals surface area (Å²) in [5, 5.41) is 2.64. The van der Waals surface area contributed by atoms with Crippen molar-refractivity contribution in [2.75, 3.05) is 20.1 Å². The van der Waals surface area contributed by atoms with Crippen LogP contribution in [0.4, 0.5) is 0 Å². The van der Waals surface area contributed by atoms with Crippen LogP contribution in [0.2, 0.25) is 0 Å². The quantitative estimate of drug-likeness (QED) is 0.897. The molecule has 0 aliphatic heterocycles. The number of amides is 1. The summed E-state index contributed by atoms with van der Waals surface area (Å²) in [6.07, 6.45) is 0. The third-order valence-electron chi connectivity index (χ3n) is 2.41. The lowest BCUT2D eigenvalue weighted by Gasteiger charge is -2.19. The first-order chi connectivity index (χ1) is 7.65. The minimum absolute atomic E-state index is 0.0546. The minimum Gasteiger partial charge on any atom is -0.358 e. The summed E-state index contributed by atoms with van der Waals surface area (Å²) in [4.78, 5) is 13.4. The molecular formula is C12H17BrN2O. The highest BCUT2D eigenvalue weighted by atomic mass is 79.9. The van der Waals surface area contributed by atoms with Crippen molar-refractivity contribution in [2.45, 2.75) is 13.5 Å². The normalized spacial score (nSPS) is 10.5. The largest absolute Gasteiger partial charge is 0.358 e. The van der Waals surface area contributed by atoms with Gasteiger partial charge in [0.05, 0.1) is 6.54 Å². The van der Waals surface area contributed by atoms with Gasteiger partial charge >= 0.3 is 0 Å². The molecule has 3 nitrogen and oxygen atoms in total. The van der Waals surface area contributed by atoms with Gasteiger partial charge in [-0.05, 0) is 24.2 Å². The number of hydrogen-bond donors (Lipinski definition) is 1. The van der Waals surface area contributed by atoms with Crippen LogP contribution in [0.25, 0.3) is 0 Å². The Kier molecular flexibility index (Phi) is 5.49. The highest BCUT2D eigenvalue weighted by Gasteiger charge is 2.07. The number of carbonyl (C=O) groups is 1. The molecule has 0 atom stereocenters. The van der Waals surface area contributed by atoms with Crippen LogP contribution in [0.15, 0.2) is 28.7 Å². The molecule has 0 bridgehead atoms. The summed E-state index contributed by atoms with van der Waals surface area (Å²) in [7, 11) is 1.66.